The molecule has 0 aliphatic carbocycles. The average molecular weight is 314 g/mol. The molecule has 1 unspecified atom stereocenters. The summed E-state index contributed by atoms with van der Waals surface area (Å²) in [6, 6.07) is 8.39. The van der Waals surface area contributed by atoms with Gasteiger partial charge in [-0.1, -0.05) is 23.5 Å². The molecule has 1 atom stereocenters. The molecule has 1 aromatic carbocycles. The van der Waals surface area contributed by atoms with Gasteiger partial charge in [-0.2, -0.15) is 5.10 Å². The quantitative estimate of drug-likeness (QED) is 0.760. The molecular formula is C17H22N4S. The van der Waals surface area contributed by atoms with Gasteiger partial charge in [-0.3, -0.25) is 4.68 Å². The molecule has 22 heavy (non-hydrogen) atoms. The van der Waals surface area contributed by atoms with Crippen molar-refractivity contribution in [3.8, 4) is 0 Å². The maximum Gasteiger partial charge on any atom is 0.184 e. The third-order valence-corrected chi connectivity index (χ3v) is 4.69. The minimum Gasteiger partial charge on any atom is -0.355 e. The molecule has 0 bridgehead atoms. The number of nitrogens with one attached hydrogen (secondary N) is 1. The van der Waals surface area contributed by atoms with Gasteiger partial charge in [0.2, 0.25) is 0 Å². The molecule has 1 N–H and O–H groups in total. The lowest BCUT2D eigenvalue weighted by Gasteiger charge is -2.19. The highest BCUT2D eigenvalue weighted by Crippen LogP contribution is 2.29. The van der Waals surface area contributed by atoms with Crippen molar-refractivity contribution < 1.29 is 0 Å². The SMILES string of the molecule is Cc1nn(C(C)(C)C)cc1C(C)Nc1nc2ccccc2s1. The smallest absolute Gasteiger partial charge is 0.184 e. The van der Waals surface area contributed by atoms with Gasteiger partial charge in [-0.15, -0.1) is 0 Å². The number of fused-ring (bicyclic) bond motifs is 1. The zero-order valence-corrected chi connectivity index (χ0v) is 14.5. The number of anilines is 1. The highest BCUT2D eigenvalue weighted by atomic mass is 32.1. The van der Waals surface area contributed by atoms with Gasteiger partial charge >= 0.3 is 0 Å². The maximum absolute atomic E-state index is 4.65. The van der Waals surface area contributed by atoms with Gasteiger partial charge in [0.25, 0.3) is 0 Å². The molecule has 3 rings (SSSR count). The van der Waals surface area contributed by atoms with Crippen molar-refractivity contribution in [3.05, 3.63) is 41.7 Å². The van der Waals surface area contributed by atoms with E-state index in [4.69, 9.17) is 0 Å². The van der Waals surface area contributed by atoms with Crippen LogP contribution in [-0.4, -0.2) is 14.8 Å². The van der Waals surface area contributed by atoms with Gasteiger partial charge in [0, 0.05) is 11.8 Å². The number of aromatic nitrogens is 3. The van der Waals surface area contributed by atoms with Crippen LogP contribution in [0.3, 0.4) is 0 Å². The van der Waals surface area contributed by atoms with Crippen molar-refractivity contribution in [1.82, 2.24) is 14.8 Å². The van der Waals surface area contributed by atoms with E-state index < -0.39 is 0 Å². The molecule has 116 valence electrons. The third kappa shape index (κ3) is 2.86. The number of para-hydroxylation sites is 1. The Balaban J connectivity index is 1.85. The molecular weight excluding hydrogens is 292 g/mol. The summed E-state index contributed by atoms with van der Waals surface area (Å²) in [7, 11) is 0. The Kier molecular flexibility index (Phi) is 3.68. The Morgan fingerprint density at radius 3 is 2.59 bits per heavy atom. The molecule has 4 nitrogen and oxygen atoms in total. The molecule has 2 aromatic heterocycles. The van der Waals surface area contributed by atoms with E-state index in [1.54, 1.807) is 11.3 Å². The second kappa shape index (κ2) is 5.39. The number of thiazole rings is 1. The van der Waals surface area contributed by atoms with Gasteiger partial charge in [0.1, 0.15) is 0 Å². The molecule has 0 radical (unpaired) electrons. The van der Waals surface area contributed by atoms with E-state index >= 15 is 0 Å². The van der Waals surface area contributed by atoms with E-state index in [9.17, 15) is 0 Å². The average Bonchev–Trinajstić information content (AvgIpc) is 3.00. The van der Waals surface area contributed by atoms with E-state index in [0.29, 0.717) is 0 Å². The van der Waals surface area contributed by atoms with Crippen LogP contribution in [0.4, 0.5) is 5.13 Å². The van der Waals surface area contributed by atoms with E-state index in [-0.39, 0.29) is 11.6 Å². The summed E-state index contributed by atoms with van der Waals surface area (Å²) in [5.41, 5.74) is 3.33. The van der Waals surface area contributed by atoms with Crippen molar-refractivity contribution in [2.24, 2.45) is 0 Å². The van der Waals surface area contributed by atoms with Crippen molar-refractivity contribution in [1.29, 1.82) is 0 Å². The third-order valence-electron chi connectivity index (χ3n) is 3.72. The fraction of sp³-hybridized carbons (Fsp3) is 0.412. The first-order valence-corrected chi connectivity index (χ1v) is 8.35. The zero-order chi connectivity index (χ0) is 15.9. The minimum absolute atomic E-state index is 0.00140. The lowest BCUT2D eigenvalue weighted by atomic mass is 10.1. The summed E-state index contributed by atoms with van der Waals surface area (Å²) in [4.78, 5) is 4.64. The Labute approximate surface area is 135 Å². The van der Waals surface area contributed by atoms with Crippen LogP contribution < -0.4 is 5.32 Å². The minimum atomic E-state index is -0.00140. The largest absolute Gasteiger partial charge is 0.355 e. The van der Waals surface area contributed by atoms with Crippen LogP contribution in [0.1, 0.15) is 45.0 Å². The molecule has 0 amide bonds. The zero-order valence-electron chi connectivity index (χ0n) is 13.7. The molecule has 0 aliphatic heterocycles. The Morgan fingerprint density at radius 2 is 1.95 bits per heavy atom. The Bertz CT molecular complexity index is 761. The Morgan fingerprint density at radius 1 is 1.23 bits per heavy atom. The molecule has 0 fully saturated rings. The monoisotopic (exact) mass is 314 g/mol. The molecule has 5 heteroatoms. The number of hydrogen-bond donors (Lipinski definition) is 1. The highest BCUT2D eigenvalue weighted by molar-refractivity contribution is 7.22. The number of rotatable bonds is 3. The van der Waals surface area contributed by atoms with Crippen LogP contribution >= 0.6 is 11.3 Å². The standard InChI is InChI=1S/C17H22N4S/c1-11(13-10-21(17(3,4)5)20-12(13)2)18-16-19-14-8-6-7-9-15(14)22-16/h6-11H,1-5H3,(H,18,19). The van der Waals surface area contributed by atoms with Crippen LogP contribution in [0.25, 0.3) is 10.2 Å². The predicted molar refractivity (Wildman–Crippen MR) is 93.6 cm³/mol. The van der Waals surface area contributed by atoms with E-state index in [0.717, 1.165) is 16.3 Å². The first-order valence-electron chi connectivity index (χ1n) is 7.53. The number of hydrogen-bond acceptors (Lipinski definition) is 4. The summed E-state index contributed by atoms with van der Waals surface area (Å²) in [5.74, 6) is 0. The van der Waals surface area contributed by atoms with E-state index in [1.165, 1.54) is 10.3 Å². The lowest BCUT2D eigenvalue weighted by Crippen LogP contribution is -2.22. The number of benzene rings is 1. The van der Waals surface area contributed by atoms with Gasteiger partial charge < -0.3 is 5.32 Å². The molecule has 0 saturated carbocycles. The normalized spacial score (nSPS) is 13.5. The fourth-order valence-corrected chi connectivity index (χ4v) is 3.39. The molecule has 2 heterocycles. The molecule has 3 aromatic rings. The molecule has 0 aliphatic rings. The van der Waals surface area contributed by atoms with Crippen LogP contribution in [-0.2, 0) is 5.54 Å². The highest BCUT2D eigenvalue weighted by Gasteiger charge is 2.19. The summed E-state index contributed by atoms with van der Waals surface area (Å²) < 4.78 is 3.24. The maximum atomic E-state index is 4.65. The van der Waals surface area contributed by atoms with Crippen molar-refractivity contribution in [2.75, 3.05) is 5.32 Å². The van der Waals surface area contributed by atoms with Crippen molar-refractivity contribution in [2.45, 2.75) is 46.2 Å². The summed E-state index contributed by atoms with van der Waals surface area (Å²) >= 11 is 1.69. The number of nitrogens with zero attached hydrogens (tertiary/aromatic N) is 3. The Hall–Kier alpha value is -1.88. The van der Waals surface area contributed by atoms with Crippen LogP contribution in [0.15, 0.2) is 30.5 Å². The van der Waals surface area contributed by atoms with Crippen LogP contribution in [0.5, 0.6) is 0 Å². The fourth-order valence-electron chi connectivity index (χ4n) is 2.44. The summed E-state index contributed by atoms with van der Waals surface area (Å²) in [6.07, 6.45) is 2.14. The number of aryl methyl sites for hydroxylation is 1. The first-order chi connectivity index (χ1) is 10.3. The molecule has 0 saturated heterocycles. The second-order valence-corrected chi connectivity index (χ2v) is 7.67. The van der Waals surface area contributed by atoms with Gasteiger partial charge in [-0.25, -0.2) is 4.98 Å². The van der Waals surface area contributed by atoms with Crippen LogP contribution in [0.2, 0.25) is 0 Å². The van der Waals surface area contributed by atoms with E-state index in [2.05, 4.69) is 62.3 Å². The van der Waals surface area contributed by atoms with Gasteiger partial charge in [0.15, 0.2) is 5.13 Å². The van der Waals surface area contributed by atoms with Crippen molar-refractivity contribution >= 4 is 26.7 Å². The van der Waals surface area contributed by atoms with E-state index in [1.807, 2.05) is 22.9 Å². The molecule has 0 spiro atoms. The van der Waals surface area contributed by atoms with Gasteiger partial charge in [-0.05, 0) is 46.8 Å². The van der Waals surface area contributed by atoms with Crippen LogP contribution in [0, 0.1) is 6.92 Å². The topological polar surface area (TPSA) is 42.7 Å². The summed E-state index contributed by atoms with van der Waals surface area (Å²) in [6.45, 7) is 10.7. The van der Waals surface area contributed by atoms with Crippen molar-refractivity contribution in [3.63, 3.8) is 0 Å². The van der Waals surface area contributed by atoms with Gasteiger partial charge in [0.05, 0.1) is 27.5 Å². The summed E-state index contributed by atoms with van der Waals surface area (Å²) in [5, 5.41) is 9.11. The second-order valence-electron chi connectivity index (χ2n) is 6.64. The predicted octanol–water partition coefficient (Wildman–Crippen LogP) is 4.73. The first kappa shape index (κ1) is 15.0. The lowest BCUT2D eigenvalue weighted by molar-refractivity contribution is 0.354.